The van der Waals surface area contributed by atoms with Crippen LogP contribution in [0.5, 0.6) is 0 Å². The maximum Gasteiger partial charge on any atom is 0.237 e. The Morgan fingerprint density at radius 3 is 2.69 bits per heavy atom. The number of rotatable bonds is 5. The van der Waals surface area contributed by atoms with Gasteiger partial charge in [-0.1, -0.05) is 23.9 Å². The van der Waals surface area contributed by atoms with E-state index in [0.29, 0.717) is 22.2 Å². The summed E-state index contributed by atoms with van der Waals surface area (Å²) in [7, 11) is 1.85. The van der Waals surface area contributed by atoms with Gasteiger partial charge in [0.1, 0.15) is 6.07 Å². The summed E-state index contributed by atoms with van der Waals surface area (Å²) >= 11 is 1.31. The molecule has 3 rings (SSSR count). The molecule has 1 amide bonds. The van der Waals surface area contributed by atoms with Crippen LogP contribution in [-0.2, 0) is 11.8 Å². The number of carbonyl (C=O) groups excluding carboxylic acids is 1. The van der Waals surface area contributed by atoms with E-state index in [-0.39, 0.29) is 5.91 Å². The van der Waals surface area contributed by atoms with Crippen LogP contribution in [0.25, 0.3) is 11.4 Å². The molecule has 0 fully saturated rings. The van der Waals surface area contributed by atoms with Gasteiger partial charge in [-0.2, -0.15) is 5.26 Å². The molecule has 130 valence electrons. The van der Waals surface area contributed by atoms with Crippen LogP contribution in [0.4, 0.5) is 5.69 Å². The fraction of sp³-hybridized carbons (Fsp3) is 0.167. The zero-order valence-electron chi connectivity index (χ0n) is 14.2. The largest absolute Gasteiger partial charge is 0.324 e. The minimum absolute atomic E-state index is 0.203. The van der Waals surface area contributed by atoms with Crippen LogP contribution < -0.4 is 5.32 Å². The van der Waals surface area contributed by atoms with E-state index in [9.17, 15) is 4.79 Å². The lowest BCUT2D eigenvalue weighted by Gasteiger charge is -2.12. The Kier molecular flexibility index (Phi) is 5.29. The van der Waals surface area contributed by atoms with Crippen LogP contribution in [-0.4, -0.2) is 30.9 Å². The van der Waals surface area contributed by atoms with Crippen molar-refractivity contribution in [3.63, 3.8) is 0 Å². The number of aromatic nitrogens is 4. The summed E-state index contributed by atoms with van der Waals surface area (Å²) < 4.78 is 1.84. The molecule has 1 unspecified atom stereocenters. The highest BCUT2D eigenvalue weighted by molar-refractivity contribution is 8.00. The summed E-state index contributed by atoms with van der Waals surface area (Å²) in [6, 6.07) is 12.7. The van der Waals surface area contributed by atoms with Crippen molar-refractivity contribution >= 4 is 23.4 Å². The third-order valence-electron chi connectivity index (χ3n) is 3.73. The third kappa shape index (κ3) is 3.73. The molecule has 1 aromatic carbocycles. The lowest BCUT2D eigenvalue weighted by Crippen LogP contribution is -2.23. The molecule has 1 N–H and O–H groups in total. The summed E-state index contributed by atoms with van der Waals surface area (Å²) in [6.07, 6.45) is 3.39. The lowest BCUT2D eigenvalue weighted by atomic mass is 10.2. The Morgan fingerprint density at radius 2 is 1.96 bits per heavy atom. The van der Waals surface area contributed by atoms with Gasteiger partial charge in [-0.3, -0.25) is 9.78 Å². The van der Waals surface area contributed by atoms with Gasteiger partial charge in [0.05, 0.1) is 16.5 Å². The van der Waals surface area contributed by atoms with Gasteiger partial charge in [0.15, 0.2) is 11.0 Å². The average Bonchev–Trinajstić information content (AvgIpc) is 3.03. The van der Waals surface area contributed by atoms with Gasteiger partial charge in [-0.05, 0) is 31.2 Å². The molecule has 2 aromatic heterocycles. The number of anilines is 1. The molecular formula is C18H16N6OS. The monoisotopic (exact) mass is 364 g/mol. The fourth-order valence-corrected chi connectivity index (χ4v) is 3.12. The van der Waals surface area contributed by atoms with Gasteiger partial charge in [-0.25, -0.2) is 0 Å². The first-order valence-corrected chi connectivity index (χ1v) is 8.74. The number of para-hydroxylation sites is 1. The minimum Gasteiger partial charge on any atom is -0.324 e. The molecule has 0 aliphatic carbocycles. The number of hydrogen-bond donors (Lipinski definition) is 1. The van der Waals surface area contributed by atoms with Gasteiger partial charge >= 0.3 is 0 Å². The molecule has 0 aliphatic heterocycles. The van der Waals surface area contributed by atoms with E-state index < -0.39 is 5.25 Å². The maximum absolute atomic E-state index is 12.5. The topological polar surface area (TPSA) is 96.5 Å². The number of benzene rings is 1. The molecular weight excluding hydrogens is 348 g/mol. The summed E-state index contributed by atoms with van der Waals surface area (Å²) in [4.78, 5) is 16.5. The summed E-state index contributed by atoms with van der Waals surface area (Å²) in [6.45, 7) is 1.79. The highest BCUT2D eigenvalue weighted by atomic mass is 32.2. The highest BCUT2D eigenvalue weighted by Gasteiger charge is 2.20. The smallest absolute Gasteiger partial charge is 0.237 e. The Bertz CT molecular complexity index is 963. The lowest BCUT2D eigenvalue weighted by molar-refractivity contribution is -0.115. The van der Waals surface area contributed by atoms with E-state index in [1.54, 1.807) is 43.6 Å². The molecule has 8 heteroatoms. The predicted octanol–water partition coefficient (Wildman–Crippen LogP) is 2.87. The quantitative estimate of drug-likeness (QED) is 0.699. The standard InChI is InChI=1S/C18H16N6OS/c1-12(17(25)21-15-6-4-3-5-14(15)11-19)26-18-23-22-16(24(18)2)13-7-9-20-10-8-13/h3-10,12H,1-2H3,(H,21,25). The molecule has 7 nitrogen and oxygen atoms in total. The van der Waals surface area contributed by atoms with Crippen molar-refractivity contribution in [2.24, 2.45) is 7.05 Å². The van der Waals surface area contributed by atoms with Crippen LogP contribution in [0.2, 0.25) is 0 Å². The molecule has 0 saturated carbocycles. The van der Waals surface area contributed by atoms with Crippen LogP contribution in [0.1, 0.15) is 12.5 Å². The second-order valence-electron chi connectivity index (χ2n) is 5.51. The van der Waals surface area contributed by atoms with Crippen molar-refractivity contribution in [3.8, 4) is 17.5 Å². The van der Waals surface area contributed by atoms with E-state index in [1.165, 1.54) is 11.8 Å². The van der Waals surface area contributed by atoms with Crippen molar-refractivity contribution < 1.29 is 4.79 Å². The van der Waals surface area contributed by atoms with Crippen molar-refractivity contribution in [3.05, 3.63) is 54.4 Å². The van der Waals surface area contributed by atoms with E-state index in [1.807, 2.05) is 23.7 Å². The van der Waals surface area contributed by atoms with E-state index in [4.69, 9.17) is 5.26 Å². The normalized spacial score (nSPS) is 11.6. The molecule has 0 bridgehead atoms. The third-order valence-corrected chi connectivity index (χ3v) is 4.86. The Balaban J connectivity index is 1.72. The van der Waals surface area contributed by atoms with Crippen molar-refractivity contribution in [1.29, 1.82) is 5.26 Å². The van der Waals surface area contributed by atoms with Crippen LogP contribution in [0.15, 0.2) is 53.9 Å². The molecule has 1 atom stereocenters. The number of nitrogens with zero attached hydrogens (tertiary/aromatic N) is 5. The molecule has 0 spiro atoms. The molecule has 2 heterocycles. The van der Waals surface area contributed by atoms with Crippen LogP contribution in [0, 0.1) is 11.3 Å². The molecule has 0 radical (unpaired) electrons. The zero-order chi connectivity index (χ0) is 18.5. The molecule has 0 saturated heterocycles. The van der Waals surface area contributed by atoms with E-state index in [2.05, 4.69) is 26.6 Å². The average molecular weight is 364 g/mol. The summed E-state index contributed by atoms with van der Waals surface area (Å²) in [5, 5.41) is 20.5. The van der Waals surface area contributed by atoms with Gasteiger partial charge in [-0.15, -0.1) is 10.2 Å². The highest BCUT2D eigenvalue weighted by Crippen LogP contribution is 2.26. The van der Waals surface area contributed by atoms with Crippen molar-refractivity contribution in [1.82, 2.24) is 19.7 Å². The van der Waals surface area contributed by atoms with Gasteiger partial charge in [0.2, 0.25) is 5.91 Å². The number of hydrogen-bond acceptors (Lipinski definition) is 6. The van der Waals surface area contributed by atoms with Gasteiger partial charge < -0.3 is 9.88 Å². The predicted molar refractivity (Wildman–Crippen MR) is 99.3 cm³/mol. The SMILES string of the molecule is CC(Sc1nnc(-c2ccncc2)n1C)C(=O)Nc1ccccc1C#N. The Labute approximate surface area is 155 Å². The second-order valence-corrected chi connectivity index (χ2v) is 6.82. The van der Waals surface area contributed by atoms with Crippen LogP contribution >= 0.6 is 11.8 Å². The minimum atomic E-state index is -0.407. The second kappa shape index (κ2) is 7.80. The summed E-state index contributed by atoms with van der Waals surface area (Å²) in [5.41, 5.74) is 1.83. The molecule has 0 aliphatic rings. The zero-order valence-corrected chi connectivity index (χ0v) is 15.1. The van der Waals surface area contributed by atoms with Crippen molar-refractivity contribution in [2.45, 2.75) is 17.3 Å². The first kappa shape index (κ1) is 17.6. The van der Waals surface area contributed by atoms with Gasteiger partial charge in [0.25, 0.3) is 0 Å². The Hall–Kier alpha value is -3.18. The fourth-order valence-electron chi connectivity index (χ4n) is 2.31. The Morgan fingerprint density at radius 1 is 1.23 bits per heavy atom. The van der Waals surface area contributed by atoms with E-state index in [0.717, 1.165) is 5.56 Å². The van der Waals surface area contributed by atoms with Gasteiger partial charge in [0, 0.05) is 25.0 Å². The van der Waals surface area contributed by atoms with E-state index >= 15 is 0 Å². The maximum atomic E-state index is 12.5. The van der Waals surface area contributed by atoms with Crippen molar-refractivity contribution in [2.75, 3.05) is 5.32 Å². The molecule has 26 heavy (non-hydrogen) atoms. The number of nitrogens with one attached hydrogen (secondary N) is 1. The first-order valence-electron chi connectivity index (χ1n) is 7.86. The molecule has 3 aromatic rings. The number of carbonyl (C=O) groups is 1. The summed E-state index contributed by atoms with van der Waals surface area (Å²) in [5.74, 6) is 0.503. The number of nitriles is 1. The number of pyridine rings is 1. The number of amides is 1. The van der Waals surface area contributed by atoms with Crippen LogP contribution in [0.3, 0.4) is 0 Å². The first-order chi connectivity index (χ1) is 12.6. The number of thioether (sulfide) groups is 1.